The van der Waals surface area contributed by atoms with Crippen molar-refractivity contribution >= 4 is 10.0 Å². The molecule has 5 heteroatoms. The molecule has 0 spiro atoms. The summed E-state index contributed by atoms with van der Waals surface area (Å²) in [6.45, 7) is 0. The van der Waals surface area contributed by atoms with E-state index in [9.17, 15) is 13.5 Å². The van der Waals surface area contributed by atoms with E-state index in [1.54, 1.807) is 37.4 Å². The van der Waals surface area contributed by atoms with Crippen molar-refractivity contribution in [1.82, 2.24) is 4.31 Å². The number of benzene rings is 1. The van der Waals surface area contributed by atoms with Crippen LogP contribution < -0.4 is 0 Å². The van der Waals surface area contributed by atoms with Crippen LogP contribution in [0, 0.1) is 0 Å². The lowest BCUT2D eigenvalue weighted by molar-refractivity contribution is 0.0638. The van der Waals surface area contributed by atoms with Gasteiger partial charge in [-0.1, -0.05) is 31.0 Å². The predicted molar refractivity (Wildman–Crippen MR) is 69.7 cm³/mol. The van der Waals surface area contributed by atoms with Crippen LogP contribution in [0.4, 0.5) is 0 Å². The highest BCUT2D eigenvalue weighted by Crippen LogP contribution is 2.26. The molecule has 1 aromatic carbocycles. The molecule has 2 atom stereocenters. The topological polar surface area (TPSA) is 57.6 Å². The van der Waals surface area contributed by atoms with Crippen LogP contribution in [0.5, 0.6) is 0 Å². The first-order chi connectivity index (χ1) is 8.53. The summed E-state index contributed by atoms with van der Waals surface area (Å²) >= 11 is 0. The minimum absolute atomic E-state index is 0.283. The first-order valence-corrected chi connectivity index (χ1v) is 7.68. The monoisotopic (exact) mass is 269 g/mol. The molecule has 4 nitrogen and oxygen atoms in total. The molecule has 100 valence electrons. The molecule has 0 heterocycles. The highest BCUT2D eigenvalue weighted by Gasteiger charge is 2.33. The van der Waals surface area contributed by atoms with Gasteiger partial charge in [0.15, 0.2) is 0 Å². The van der Waals surface area contributed by atoms with E-state index in [0.717, 1.165) is 19.3 Å². The van der Waals surface area contributed by atoms with Crippen molar-refractivity contribution in [1.29, 1.82) is 0 Å². The summed E-state index contributed by atoms with van der Waals surface area (Å²) in [7, 11) is -1.94. The Morgan fingerprint density at radius 2 is 1.78 bits per heavy atom. The molecule has 0 amide bonds. The normalized spacial score (nSPS) is 25.3. The van der Waals surface area contributed by atoms with E-state index in [-0.39, 0.29) is 10.9 Å². The van der Waals surface area contributed by atoms with Crippen LogP contribution in [0.2, 0.25) is 0 Å². The Kier molecular flexibility index (Phi) is 4.04. The summed E-state index contributed by atoms with van der Waals surface area (Å²) in [4.78, 5) is 0.283. The lowest BCUT2D eigenvalue weighted by Crippen LogP contribution is -2.46. The minimum Gasteiger partial charge on any atom is -0.391 e. The van der Waals surface area contributed by atoms with Gasteiger partial charge in [-0.25, -0.2) is 8.42 Å². The van der Waals surface area contributed by atoms with Gasteiger partial charge in [0.05, 0.1) is 17.0 Å². The molecule has 0 aromatic heterocycles. The third-order valence-corrected chi connectivity index (χ3v) is 5.48. The van der Waals surface area contributed by atoms with E-state index < -0.39 is 16.1 Å². The van der Waals surface area contributed by atoms with Gasteiger partial charge in [-0.05, 0) is 25.0 Å². The third kappa shape index (κ3) is 2.58. The quantitative estimate of drug-likeness (QED) is 0.907. The molecule has 0 bridgehead atoms. The number of nitrogens with zero attached hydrogens (tertiary/aromatic N) is 1. The molecule has 0 unspecified atom stereocenters. The first-order valence-electron chi connectivity index (χ1n) is 6.24. The number of aliphatic hydroxyl groups excluding tert-OH is 1. The molecule has 0 radical (unpaired) electrons. The molecule has 1 aliphatic rings. The third-order valence-electron chi connectivity index (χ3n) is 3.58. The number of rotatable bonds is 3. The van der Waals surface area contributed by atoms with Crippen LogP contribution in [-0.2, 0) is 10.0 Å². The minimum atomic E-state index is -3.50. The van der Waals surface area contributed by atoms with Crippen molar-refractivity contribution in [2.45, 2.75) is 42.7 Å². The Balaban J connectivity index is 2.25. The molecule has 1 fully saturated rings. The van der Waals surface area contributed by atoms with Gasteiger partial charge in [0.1, 0.15) is 0 Å². The molecule has 1 N–H and O–H groups in total. The SMILES string of the molecule is CN([C@H]1CCCC[C@H]1O)S(=O)(=O)c1ccccc1. The molecule has 0 aliphatic heterocycles. The number of hydrogen-bond acceptors (Lipinski definition) is 3. The van der Waals surface area contributed by atoms with Crippen LogP contribution >= 0.6 is 0 Å². The average Bonchev–Trinajstić information content (AvgIpc) is 2.39. The maximum atomic E-state index is 12.4. The van der Waals surface area contributed by atoms with Crippen LogP contribution in [0.15, 0.2) is 35.2 Å². The second-order valence-electron chi connectivity index (χ2n) is 4.75. The number of hydrogen-bond donors (Lipinski definition) is 1. The smallest absolute Gasteiger partial charge is 0.243 e. The summed E-state index contributed by atoms with van der Waals surface area (Å²) in [6, 6.07) is 8.07. The first kappa shape index (κ1) is 13.5. The fourth-order valence-corrected chi connectivity index (χ4v) is 3.89. The average molecular weight is 269 g/mol. The molecular formula is C13H19NO3S. The highest BCUT2D eigenvalue weighted by molar-refractivity contribution is 7.89. The van der Waals surface area contributed by atoms with Gasteiger partial charge in [0, 0.05) is 7.05 Å². The van der Waals surface area contributed by atoms with E-state index >= 15 is 0 Å². The van der Waals surface area contributed by atoms with E-state index in [4.69, 9.17) is 0 Å². The highest BCUT2D eigenvalue weighted by atomic mass is 32.2. The van der Waals surface area contributed by atoms with E-state index in [2.05, 4.69) is 0 Å². The maximum Gasteiger partial charge on any atom is 0.243 e. The van der Waals surface area contributed by atoms with Gasteiger partial charge in [0.25, 0.3) is 0 Å². The number of likely N-dealkylation sites (N-methyl/N-ethyl adjacent to an activating group) is 1. The summed E-state index contributed by atoms with van der Waals surface area (Å²) in [5, 5.41) is 9.94. The Labute approximate surface area is 108 Å². The summed E-state index contributed by atoms with van der Waals surface area (Å²) in [5.74, 6) is 0. The van der Waals surface area contributed by atoms with Gasteiger partial charge in [-0.15, -0.1) is 0 Å². The molecule has 18 heavy (non-hydrogen) atoms. The lowest BCUT2D eigenvalue weighted by Gasteiger charge is -2.34. The zero-order valence-electron chi connectivity index (χ0n) is 10.5. The fraction of sp³-hybridized carbons (Fsp3) is 0.538. The zero-order chi connectivity index (χ0) is 13.2. The molecule has 0 saturated heterocycles. The van der Waals surface area contributed by atoms with Crippen molar-refractivity contribution < 1.29 is 13.5 Å². The van der Waals surface area contributed by atoms with Gasteiger partial charge < -0.3 is 5.11 Å². The Morgan fingerprint density at radius 1 is 1.17 bits per heavy atom. The summed E-state index contributed by atoms with van der Waals surface area (Å²) in [5.41, 5.74) is 0. The second kappa shape index (κ2) is 5.38. The summed E-state index contributed by atoms with van der Waals surface area (Å²) < 4.78 is 26.1. The van der Waals surface area contributed by atoms with E-state index in [1.165, 1.54) is 4.31 Å². The van der Waals surface area contributed by atoms with Crippen LogP contribution in [0.25, 0.3) is 0 Å². The van der Waals surface area contributed by atoms with Crippen molar-refractivity contribution in [2.75, 3.05) is 7.05 Å². The standard InChI is InChI=1S/C13H19NO3S/c1-14(12-9-5-6-10-13(12)15)18(16,17)11-7-3-2-4-8-11/h2-4,7-8,12-13,15H,5-6,9-10H2,1H3/t12-,13+/m0/s1. The molecule has 1 saturated carbocycles. The molecule has 1 aliphatic carbocycles. The van der Waals surface area contributed by atoms with E-state index in [0.29, 0.717) is 6.42 Å². The van der Waals surface area contributed by atoms with E-state index in [1.807, 2.05) is 0 Å². The Morgan fingerprint density at radius 3 is 2.39 bits per heavy atom. The van der Waals surface area contributed by atoms with Gasteiger partial charge >= 0.3 is 0 Å². The van der Waals surface area contributed by atoms with Gasteiger partial charge in [-0.3, -0.25) is 0 Å². The Hall–Kier alpha value is -0.910. The molecule has 2 rings (SSSR count). The largest absolute Gasteiger partial charge is 0.391 e. The zero-order valence-corrected chi connectivity index (χ0v) is 11.3. The van der Waals surface area contributed by atoms with Crippen molar-refractivity contribution in [2.24, 2.45) is 0 Å². The lowest BCUT2D eigenvalue weighted by atomic mass is 9.93. The number of aliphatic hydroxyl groups is 1. The Bertz CT molecular complexity index is 486. The fourth-order valence-electron chi connectivity index (χ4n) is 2.45. The second-order valence-corrected chi connectivity index (χ2v) is 6.75. The van der Waals surface area contributed by atoms with Crippen LogP contribution in [0.3, 0.4) is 0 Å². The maximum absolute atomic E-state index is 12.4. The summed E-state index contributed by atoms with van der Waals surface area (Å²) in [6.07, 6.45) is 2.79. The predicted octanol–water partition coefficient (Wildman–Crippen LogP) is 1.61. The number of sulfonamides is 1. The molecule has 1 aromatic rings. The van der Waals surface area contributed by atoms with Gasteiger partial charge in [-0.2, -0.15) is 4.31 Å². The van der Waals surface area contributed by atoms with Gasteiger partial charge in [0.2, 0.25) is 10.0 Å². The van der Waals surface area contributed by atoms with Crippen molar-refractivity contribution in [3.05, 3.63) is 30.3 Å². The van der Waals surface area contributed by atoms with Crippen LogP contribution in [-0.4, -0.2) is 37.0 Å². The van der Waals surface area contributed by atoms with Crippen molar-refractivity contribution in [3.63, 3.8) is 0 Å². The van der Waals surface area contributed by atoms with Crippen LogP contribution in [0.1, 0.15) is 25.7 Å². The van der Waals surface area contributed by atoms with Crippen molar-refractivity contribution in [3.8, 4) is 0 Å². The molecular weight excluding hydrogens is 250 g/mol.